The lowest BCUT2D eigenvalue weighted by Crippen LogP contribution is -1.80. The zero-order chi connectivity index (χ0) is 10.8. The van der Waals surface area contributed by atoms with Crippen molar-refractivity contribution < 1.29 is 9.63 Å². The second-order valence-electron chi connectivity index (χ2n) is 3.00. The Labute approximate surface area is 91.1 Å². The molecule has 5 heteroatoms. The zero-order valence-corrected chi connectivity index (χ0v) is 8.91. The van der Waals surface area contributed by atoms with Gasteiger partial charge in [0.25, 0.3) is 0 Å². The van der Waals surface area contributed by atoms with Crippen LogP contribution in [0.4, 0.5) is 5.88 Å². The van der Waals surface area contributed by atoms with Gasteiger partial charge < -0.3 is 15.4 Å². The molecule has 0 bridgehead atoms. The van der Waals surface area contributed by atoms with Crippen molar-refractivity contribution in [3.8, 4) is 17.0 Å². The predicted molar refractivity (Wildman–Crippen MR) is 59.8 cm³/mol. The van der Waals surface area contributed by atoms with Crippen LogP contribution in [-0.4, -0.2) is 16.5 Å². The fourth-order valence-electron chi connectivity index (χ4n) is 1.27. The van der Waals surface area contributed by atoms with E-state index in [1.807, 2.05) is 12.3 Å². The minimum atomic E-state index is 0.176. The maximum absolute atomic E-state index is 9.75. The van der Waals surface area contributed by atoms with Crippen LogP contribution in [0.3, 0.4) is 0 Å². The minimum absolute atomic E-state index is 0.176. The number of phenols is 1. The number of aromatic hydroxyl groups is 1. The van der Waals surface area contributed by atoms with Crippen LogP contribution in [-0.2, 0) is 0 Å². The lowest BCUT2D eigenvalue weighted by molar-refractivity contribution is 0.437. The van der Waals surface area contributed by atoms with E-state index in [-0.39, 0.29) is 11.6 Å². The largest absolute Gasteiger partial charge is 0.507 e. The first-order valence-corrected chi connectivity index (χ1v) is 5.53. The van der Waals surface area contributed by atoms with Crippen LogP contribution in [0.25, 0.3) is 11.3 Å². The van der Waals surface area contributed by atoms with Crippen molar-refractivity contribution in [2.45, 2.75) is 4.90 Å². The second-order valence-corrected chi connectivity index (χ2v) is 3.88. The highest BCUT2D eigenvalue weighted by atomic mass is 32.2. The van der Waals surface area contributed by atoms with Gasteiger partial charge in [0.15, 0.2) is 0 Å². The Morgan fingerprint density at radius 1 is 1.40 bits per heavy atom. The van der Waals surface area contributed by atoms with Gasteiger partial charge in [0.1, 0.15) is 11.4 Å². The molecule has 1 heterocycles. The molecule has 2 aromatic rings. The lowest BCUT2D eigenvalue weighted by Gasteiger charge is -2.02. The summed E-state index contributed by atoms with van der Waals surface area (Å²) in [6.45, 7) is 0. The molecule has 78 valence electrons. The highest BCUT2D eigenvalue weighted by Crippen LogP contribution is 2.32. The van der Waals surface area contributed by atoms with E-state index in [0.29, 0.717) is 11.3 Å². The Morgan fingerprint density at radius 3 is 2.73 bits per heavy atom. The Hall–Kier alpha value is -1.62. The Kier molecular flexibility index (Phi) is 2.55. The lowest BCUT2D eigenvalue weighted by atomic mass is 10.1. The van der Waals surface area contributed by atoms with E-state index in [2.05, 4.69) is 5.16 Å². The third-order valence-corrected chi connectivity index (χ3v) is 2.73. The van der Waals surface area contributed by atoms with Crippen molar-refractivity contribution in [3.05, 3.63) is 24.3 Å². The number of aromatic nitrogens is 1. The van der Waals surface area contributed by atoms with Gasteiger partial charge in [-0.15, -0.1) is 11.8 Å². The number of rotatable bonds is 2. The van der Waals surface area contributed by atoms with Gasteiger partial charge in [0.05, 0.1) is 0 Å². The maximum atomic E-state index is 9.75. The van der Waals surface area contributed by atoms with Crippen molar-refractivity contribution in [1.29, 1.82) is 0 Å². The molecule has 0 radical (unpaired) electrons. The van der Waals surface area contributed by atoms with Gasteiger partial charge >= 0.3 is 0 Å². The summed E-state index contributed by atoms with van der Waals surface area (Å²) in [6, 6.07) is 6.96. The predicted octanol–water partition coefficient (Wildman–Crippen LogP) is 2.35. The van der Waals surface area contributed by atoms with E-state index < -0.39 is 0 Å². The molecule has 0 aliphatic rings. The number of anilines is 1. The van der Waals surface area contributed by atoms with Crippen molar-refractivity contribution in [2.24, 2.45) is 0 Å². The van der Waals surface area contributed by atoms with E-state index in [1.54, 1.807) is 30.0 Å². The summed E-state index contributed by atoms with van der Waals surface area (Å²) in [6.07, 6.45) is 1.95. The quantitative estimate of drug-likeness (QED) is 0.763. The average Bonchev–Trinajstić information content (AvgIpc) is 2.64. The normalized spacial score (nSPS) is 10.5. The van der Waals surface area contributed by atoms with Gasteiger partial charge in [-0.2, -0.15) is 0 Å². The SMILES string of the molecule is CSc1ccc(-c2cc(N)on2)c(O)c1. The summed E-state index contributed by atoms with van der Waals surface area (Å²) >= 11 is 1.56. The molecule has 4 nitrogen and oxygen atoms in total. The first-order valence-electron chi connectivity index (χ1n) is 4.30. The monoisotopic (exact) mass is 222 g/mol. The van der Waals surface area contributed by atoms with E-state index in [0.717, 1.165) is 4.90 Å². The van der Waals surface area contributed by atoms with Gasteiger partial charge in [-0.05, 0) is 24.5 Å². The molecule has 1 aromatic carbocycles. The molecular formula is C10H10N2O2S. The molecule has 0 aliphatic heterocycles. The minimum Gasteiger partial charge on any atom is -0.507 e. The number of nitrogen functional groups attached to an aromatic ring is 1. The van der Waals surface area contributed by atoms with Crippen molar-refractivity contribution >= 4 is 17.6 Å². The first-order chi connectivity index (χ1) is 7.20. The third kappa shape index (κ3) is 1.92. The van der Waals surface area contributed by atoms with Gasteiger partial charge in [0.2, 0.25) is 5.88 Å². The Morgan fingerprint density at radius 2 is 2.20 bits per heavy atom. The molecule has 3 N–H and O–H groups in total. The first kappa shape index (κ1) is 9.92. The van der Waals surface area contributed by atoms with Gasteiger partial charge in [0, 0.05) is 16.5 Å². The Bertz CT molecular complexity index is 482. The summed E-state index contributed by atoms with van der Waals surface area (Å²) in [7, 11) is 0. The summed E-state index contributed by atoms with van der Waals surface area (Å²) in [5, 5.41) is 13.5. The van der Waals surface area contributed by atoms with Crippen LogP contribution in [0.1, 0.15) is 0 Å². The fraction of sp³-hybridized carbons (Fsp3) is 0.100. The van der Waals surface area contributed by atoms with Crippen molar-refractivity contribution in [3.63, 3.8) is 0 Å². The number of thioether (sulfide) groups is 1. The van der Waals surface area contributed by atoms with Crippen LogP contribution in [0.2, 0.25) is 0 Å². The van der Waals surface area contributed by atoms with Crippen LogP contribution < -0.4 is 5.73 Å². The summed E-state index contributed by atoms with van der Waals surface area (Å²) in [5.41, 5.74) is 6.57. The molecule has 0 amide bonds. The van der Waals surface area contributed by atoms with Crippen molar-refractivity contribution in [1.82, 2.24) is 5.16 Å². The highest BCUT2D eigenvalue weighted by Gasteiger charge is 2.09. The average molecular weight is 222 g/mol. The maximum Gasteiger partial charge on any atom is 0.222 e. The number of hydrogen-bond acceptors (Lipinski definition) is 5. The highest BCUT2D eigenvalue weighted by molar-refractivity contribution is 7.98. The van der Waals surface area contributed by atoms with Gasteiger partial charge in [-0.1, -0.05) is 5.16 Å². The molecule has 0 spiro atoms. The number of benzene rings is 1. The number of nitrogens with zero attached hydrogens (tertiary/aromatic N) is 1. The molecule has 1 aromatic heterocycles. The van der Waals surface area contributed by atoms with Crippen LogP contribution in [0.15, 0.2) is 33.7 Å². The molecule has 15 heavy (non-hydrogen) atoms. The van der Waals surface area contributed by atoms with E-state index in [1.165, 1.54) is 0 Å². The number of phenolic OH excluding ortho intramolecular Hbond substituents is 1. The fourth-order valence-corrected chi connectivity index (χ4v) is 1.70. The summed E-state index contributed by atoms with van der Waals surface area (Å²) in [4.78, 5) is 0.993. The topological polar surface area (TPSA) is 72.3 Å². The summed E-state index contributed by atoms with van der Waals surface area (Å²) in [5.74, 6) is 0.411. The summed E-state index contributed by atoms with van der Waals surface area (Å²) < 4.78 is 4.74. The molecule has 0 saturated carbocycles. The van der Waals surface area contributed by atoms with E-state index in [9.17, 15) is 5.11 Å². The number of hydrogen-bond donors (Lipinski definition) is 2. The second kappa shape index (κ2) is 3.86. The van der Waals surface area contributed by atoms with Crippen LogP contribution >= 0.6 is 11.8 Å². The molecule has 0 saturated heterocycles. The molecular weight excluding hydrogens is 212 g/mol. The molecule has 0 unspecified atom stereocenters. The van der Waals surface area contributed by atoms with Crippen molar-refractivity contribution in [2.75, 3.05) is 12.0 Å². The zero-order valence-electron chi connectivity index (χ0n) is 8.10. The number of nitrogens with two attached hydrogens (primary N) is 1. The Balaban J connectivity index is 2.45. The van der Waals surface area contributed by atoms with Gasteiger partial charge in [-0.25, -0.2) is 0 Å². The molecule has 2 rings (SSSR count). The molecule has 0 aliphatic carbocycles. The van der Waals surface area contributed by atoms with Crippen LogP contribution in [0, 0.1) is 0 Å². The third-order valence-electron chi connectivity index (χ3n) is 2.01. The van der Waals surface area contributed by atoms with Crippen LogP contribution in [0.5, 0.6) is 5.75 Å². The smallest absolute Gasteiger partial charge is 0.222 e. The van der Waals surface area contributed by atoms with E-state index in [4.69, 9.17) is 10.3 Å². The molecule has 0 fully saturated rings. The van der Waals surface area contributed by atoms with E-state index >= 15 is 0 Å². The standard InChI is InChI=1S/C10H10N2O2S/c1-15-6-2-3-7(9(13)4-6)8-5-10(11)14-12-8/h2-5,13H,11H2,1H3. The molecule has 0 atom stereocenters. The van der Waals surface area contributed by atoms with Gasteiger partial charge in [-0.3, -0.25) is 0 Å².